The first-order chi connectivity index (χ1) is 8.66. The van der Waals surface area contributed by atoms with Crippen LogP contribution >= 0.6 is 11.8 Å². The fourth-order valence-corrected chi connectivity index (χ4v) is 3.01. The molecule has 0 spiro atoms. The van der Waals surface area contributed by atoms with E-state index in [2.05, 4.69) is 0 Å². The van der Waals surface area contributed by atoms with E-state index in [4.69, 9.17) is 14.8 Å². The number of ether oxygens (including phenoxy) is 1. The van der Waals surface area contributed by atoms with Crippen LogP contribution in [0.2, 0.25) is 0 Å². The summed E-state index contributed by atoms with van der Waals surface area (Å²) in [5.74, 6) is 1.07. The van der Waals surface area contributed by atoms with Gasteiger partial charge in [0.1, 0.15) is 5.82 Å². The Kier molecular flexibility index (Phi) is 5.06. The first kappa shape index (κ1) is 13.9. The van der Waals surface area contributed by atoms with Gasteiger partial charge in [0.25, 0.3) is 0 Å². The average molecular weight is 270 g/mol. The highest BCUT2D eigenvalue weighted by molar-refractivity contribution is 7.98. The molecule has 0 bridgehead atoms. The van der Waals surface area contributed by atoms with Crippen molar-refractivity contribution >= 4 is 24.3 Å². The van der Waals surface area contributed by atoms with E-state index >= 15 is 0 Å². The Balaban J connectivity index is 1.85. The van der Waals surface area contributed by atoms with E-state index in [9.17, 15) is 4.39 Å². The van der Waals surface area contributed by atoms with E-state index in [-0.39, 0.29) is 11.3 Å². The van der Waals surface area contributed by atoms with E-state index in [0.717, 1.165) is 25.2 Å². The Hall–Kier alpha value is -0.555. The molecule has 2 N–H and O–H groups in total. The summed E-state index contributed by atoms with van der Waals surface area (Å²) in [6.07, 6.45) is 2.50. The molecule has 2 rings (SSSR count). The van der Waals surface area contributed by atoms with Crippen LogP contribution in [0.15, 0.2) is 18.2 Å². The van der Waals surface area contributed by atoms with E-state index < -0.39 is 7.12 Å². The minimum absolute atomic E-state index is 0.181. The van der Waals surface area contributed by atoms with Crippen molar-refractivity contribution in [2.45, 2.75) is 24.7 Å². The summed E-state index contributed by atoms with van der Waals surface area (Å²) in [5, 5.41) is 17.9. The van der Waals surface area contributed by atoms with Gasteiger partial charge in [0, 0.05) is 18.1 Å². The lowest BCUT2D eigenvalue weighted by molar-refractivity contribution is 0.129. The van der Waals surface area contributed by atoms with Crippen LogP contribution in [-0.4, -0.2) is 35.6 Å². The molecule has 3 nitrogen and oxygen atoms in total. The Morgan fingerprint density at radius 1 is 1.44 bits per heavy atom. The summed E-state index contributed by atoms with van der Waals surface area (Å²) in [5.41, 5.74) is 0.766. The number of hydrogen-bond donors (Lipinski definition) is 2. The van der Waals surface area contributed by atoms with Crippen molar-refractivity contribution in [1.82, 2.24) is 0 Å². The van der Waals surface area contributed by atoms with Gasteiger partial charge >= 0.3 is 7.12 Å². The maximum absolute atomic E-state index is 13.6. The summed E-state index contributed by atoms with van der Waals surface area (Å²) in [4.78, 5) is 0. The molecule has 18 heavy (non-hydrogen) atoms. The SMILES string of the molecule is OB(O)c1ccc(CSCC2CCCO2)c(F)c1. The van der Waals surface area contributed by atoms with E-state index in [0.29, 0.717) is 17.4 Å². The molecule has 1 aromatic rings. The third-order valence-electron chi connectivity index (χ3n) is 2.96. The maximum Gasteiger partial charge on any atom is 0.488 e. The van der Waals surface area contributed by atoms with Crippen molar-refractivity contribution in [3.63, 3.8) is 0 Å². The highest BCUT2D eigenvalue weighted by Gasteiger charge is 2.16. The molecule has 1 heterocycles. The van der Waals surface area contributed by atoms with Crippen LogP contribution < -0.4 is 5.46 Å². The molecular weight excluding hydrogens is 254 g/mol. The molecule has 0 amide bonds. The Labute approximate surface area is 110 Å². The molecule has 1 saturated heterocycles. The minimum atomic E-state index is -1.62. The number of thioether (sulfide) groups is 1. The second-order valence-corrected chi connectivity index (χ2v) is 5.40. The van der Waals surface area contributed by atoms with Gasteiger partial charge in [-0.15, -0.1) is 0 Å². The number of rotatable bonds is 5. The normalized spacial score (nSPS) is 19.2. The lowest BCUT2D eigenvalue weighted by Crippen LogP contribution is -2.30. The summed E-state index contributed by atoms with van der Waals surface area (Å²) in [6.45, 7) is 0.836. The van der Waals surface area contributed by atoms with E-state index in [1.165, 1.54) is 12.1 Å². The molecule has 1 unspecified atom stereocenters. The summed E-state index contributed by atoms with van der Waals surface area (Å²) in [7, 11) is -1.62. The summed E-state index contributed by atoms with van der Waals surface area (Å²) < 4.78 is 19.1. The van der Waals surface area contributed by atoms with Gasteiger partial charge < -0.3 is 14.8 Å². The molecule has 6 heteroatoms. The van der Waals surface area contributed by atoms with Gasteiger partial charge in [0.15, 0.2) is 0 Å². The fraction of sp³-hybridized carbons (Fsp3) is 0.500. The van der Waals surface area contributed by atoms with Crippen molar-refractivity contribution in [1.29, 1.82) is 0 Å². The predicted molar refractivity (Wildman–Crippen MR) is 71.4 cm³/mol. The Bertz CT molecular complexity index is 397. The molecule has 0 radical (unpaired) electrons. The summed E-state index contributed by atoms with van der Waals surface area (Å²) >= 11 is 1.64. The number of benzene rings is 1. The standard InChI is InChI=1S/C12H16BFO3S/c14-12-6-10(13(15)16)4-3-9(12)7-18-8-11-2-1-5-17-11/h3-4,6,11,15-16H,1-2,5,7-8H2. The van der Waals surface area contributed by atoms with Crippen molar-refractivity contribution in [2.75, 3.05) is 12.4 Å². The third kappa shape index (κ3) is 3.72. The molecular formula is C12H16BFO3S. The van der Waals surface area contributed by atoms with Crippen LogP contribution in [-0.2, 0) is 10.5 Å². The number of halogens is 1. The summed E-state index contributed by atoms with van der Waals surface area (Å²) in [6, 6.07) is 4.31. The van der Waals surface area contributed by atoms with E-state index in [1.54, 1.807) is 17.8 Å². The number of hydrogen-bond acceptors (Lipinski definition) is 4. The molecule has 1 aliphatic rings. The minimum Gasteiger partial charge on any atom is -0.423 e. The van der Waals surface area contributed by atoms with Gasteiger partial charge in [-0.2, -0.15) is 11.8 Å². The Morgan fingerprint density at radius 2 is 2.28 bits per heavy atom. The zero-order valence-corrected chi connectivity index (χ0v) is 10.8. The topological polar surface area (TPSA) is 49.7 Å². The van der Waals surface area contributed by atoms with Crippen LogP contribution in [0.5, 0.6) is 0 Å². The molecule has 0 aliphatic carbocycles. The van der Waals surface area contributed by atoms with Crippen molar-refractivity contribution in [3.8, 4) is 0 Å². The van der Waals surface area contributed by atoms with E-state index in [1.807, 2.05) is 0 Å². The van der Waals surface area contributed by atoms with Crippen molar-refractivity contribution in [3.05, 3.63) is 29.6 Å². The highest BCUT2D eigenvalue weighted by atomic mass is 32.2. The smallest absolute Gasteiger partial charge is 0.423 e. The van der Waals surface area contributed by atoms with Gasteiger partial charge in [-0.3, -0.25) is 0 Å². The van der Waals surface area contributed by atoms with Crippen LogP contribution in [0, 0.1) is 5.82 Å². The lowest BCUT2D eigenvalue weighted by atomic mass is 9.80. The van der Waals surface area contributed by atoms with Crippen molar-refractivity contribution < 1.29 is 19.2 Å². The van der Waals surface area contributed by atoms with Gasteiger partial charge in [0.2, 0.25) is 0 Å². The second-order valence-electron chi connectivity index (χ2n) is 4.37. The van der Waals surface area contributed by atoms with Crippen LogP contribution in [0.3, 0.4) is 0 Å². The molecule has 0 aromatic heterocycles. The molecule has 1 aromatic carbocycles. The van der Waals surface area contributed by atoms with Crippen LogP contribution in [0.1, 0.15) is 18.4 Å². The van der Waals surface area contributed by atoms with Crippen LogP contribution in [0.25, 0.3) is 0 Å². The molecule has 0 saturated carbocycles. The van der Waals surface area contributed by atoms with Gasteiger partial charge in [-0.25, -0.2) is 4.39 Å². The lowest BCUT2D eigenvalue weighted by Gasteiger charge is -2.09. The highest BCUT2D eigenvalue weighted by Crippen LogP contribution is 2.21. The maximum atomic E-state index is 13.6. The molecule has 1 aliphatic heterocycles. The van der Waals surface area contributed by atoms with Crippen molar-refractivity contribution in [2.24, 2.45) is 0 Å². The third-order valence-corrected chi connectivity index (χ3v) is 4.08. The molecule has 1 fully saturated rings. The molecule has 98 valence electrons. The average Bonchev–Trinajstić information content (AvgIpc) is 2.84. The zero-order chi connectivity index (χ0) is 13.0. The van der Waals surface area contributed by atoms with Crippen LogP contribution in [0.4, 0.5) is 4.39 Å². The molecule has 1 atom stereocenters. The zero-order valence-electron chi connectivity index (χ0n) is 10.0. The van der Waals surface area contributed by atoms with Gasteiger partial charge in [-0.1, -0.05) is 12.1 Å². The fourth-order valence-electron chi connectivity index (χ4n) is 1.92. The first-order valence-electron chi connectivity index (χ1n) is 6.00. The quantitative estimate of drug-likeness (QED) is 0.781. The predicted octanol–water partition coefficient (Wildman–Crippen LogP) is 0.918. The monoisotopic (exact) mass is 270 g/mol. The second kappa shape index (κ2) is 6.56. The first-order valence-corrected chi connectivity index (χ1v) is 7.16. The van der Waals surface area contributed by atoms with Gasteiger partial charge in [-0.05, 0) is 29.9 Å². The Morgan fingerprint density at radius 3 is 2.89 bits per heavy atom. The largest absolute Gasteiger partial charge is 0.488 e. The van der Waals surface area contributed by atoms with Gasteiger partial charge in [0.05, 0.1) is 6.10 Å².